The molecule has 1 aromatic rings. The first-order chi connectivity index (χ1) is 18.1. The number of allylic oxidation sites excluding steroid dienone is 1. The zero-order valence-electron chi connectivity index (χ0n) is 22.1. The average Bonchev–Trinajstić information content (AvgIpc) is 3.41. The van der Waals surface area contributed by atoms with Gasteiger partial charge in [-0.05, 0) is 50.0 Å². The van der Waals surface area contributed by atoms with Gasteiger partial charge in [0.25, 0.3) is 5.91 Å². The van der Waals surface area contributed by atoms with E-state index < -0.39 is 6.29 Å². The van der Waals surface area contributed by atoms with Crippen molar-refractivity contribution in [2.45, 2.75) is 63.7 Å². The number of hydrogen-bond acceptors (Lipinski definition) is 8. The Hall–Kier alpha value is -2.33. The number of amides is 1. The summed E-state index contributed by atoms with van der Waals surface area (Å²) < 4.78 is 34.5. The fourth-order valence-corrected chi connectivity index (χ4v) is 5.34. The number of nitrogens with zero attached hydrogens (tertiary/aromatic N) is 1. The zero-order valence-corrected chi connectivity index (χ0v) is 22.1. The van der Waals surface area contributed by atoms with Crippen LogP contribution in [0.15, 0.2) is 30.0 Å². The summed E-state index contributed by atoms with van der Waals surface area (Å²) in [5.74, 6) is 1.45. The minimum Gasteiger partial charge on any atom is -0.459 e. The van der Waals surface area contributed by atoms with Crippen LogP contribution in [-0.2, 0) is 23.7 Å². The van der Waals surface area contributed by atoms with E-state index in [1.54, 1.807) is 0 Å². The predicted octanol–water partition coefficient (Wildman–Crippen LogP) is 3.60. The Labute approximate surface area is 219 Å². The molecule has 0 unspecified atom stereocenters. The van der Waals surface area contributed by atoms with E-state index in [9.17, 15) is 4.79 Å². The van der Waals surface area contributed by atoms with Gasteiger partial charge in [0.2, 0.25) is 13.1 Å². The van der Waals surface area contributed by atoms with E-state index in [4.69, 9.17) is 33.5 Å². The molecule has 1 aromatic carbocycles. The number of likely N-dealkylation sites (N-methyl/N-ethyl adjacent to an activating group) is 1. The summed E-state index contributed by atoms with van der Waals surface area (Å²) in [6.07, 6.45) is 7.61. The number of aliphatic hydroxyl groups excluding tert-OH is 1. The van der Waals surface area contributed by atoms with Crippen molar-refractivity contribution in [3.8, 4) is 11.5 Å². The molecule has 2 heterocycles. The van der Waals surface area contributed by atoms with E-state index in [0.29, 0.717) is 51.0 Å². The molecule has 0 radical (unpaired) electrons. The number of fused-ring (bicyclic) bond motifs is 1. The molecule has 1 fully saturated rings. The third-order valence-electron chi connectivity index (χ3n) is 7.35. The van der Waals surface area contributed by atoms with Crippen LogP contribution in [0.2, 0.25) is 0 Å². The monoisotopic (exact) mass is 519 g/mol. The highest BCUT2D eigenvalue weighted by molar-refractivity contribution is 5.92. The third kappa shape index (κ3) is 7.16. The van der Waals surface area contributed by atoms with E-state index in [2.05, 4.69) is 0 Å². The molecule has 37 heavy (non-hydrogen) atoms. The summed E-state index contributed by atoms with van der Waals surface area (Å²) >= 11 is 0. The number of aliphatic hydroxyl groups is 1. The Morgan fingerprint density at radius 2 is 1.81 bits per heavy atom. The lowest BCUT2D eigenvalue weighted by Gasteiger charge is -2.39. The molecular formula is C28H41NO8. The van der Waals surface area contributed by atoms with E-state index >= 15 is 0 Å². The summed E-state index contributed by atoms with van der Waals surface area (Å²) in [6.45, 7) is 4.24. The zero-order chi connectivity index (χ0) is 26.0. The second kappa shape index (κ2) is 14.0. The molecule has 206 valence electrons. The molecule has 0 saturated heterocycles. The van der Waals surface area contributed by atoms with Crippen molar-refractivity contribution in [1.82, 2.24) is 4.90 Å². The molecular weight excluding hydrogens is 478 g/mol. The second-order valence-electron chi connectivity index (χ2n) is 9.72. The van der Waals surface area contributed by atoms with Crippen LogP contribution in [0.5, 0.6) is 11.5 Å². The summed E-state index contributed by atoms with van der Waals surface area (Å²) in [5.41, 5.74) is 1.01. The Bertz CT molecular complexity index is 900. The van der Waals surface area contributed by atoms with Gasteiger partial charge in [0, 0.05) is 38.1 Å². The molecule has 1 saturated carbocycles. The second-order valence-corrected chi connectivity index (χ2v) is 9.72. The fourth-order valence-electron chi connectivity index (χ4n) is 5.34. The fraction of sp³-hybridized carbons (Fsp3) is 0.679. The standard InChI is InChI=1S/C28H41NO8/c1-3-34-28-22(11-13-32-15-16-33-14-12-30)23(20-9-10-24-25(17-20)36-19-35-24)18-26(37-28)27(31)29(2)21-7-5-4-6-8-21/h9-10,17-18,21-23,28,30H,3-8,11-16,19H2,1-2H3/t22-,23-,28-/m0/s1. The first kappa shape index (κ1) is 27.7. The maximum absolute atomic E-state index is 13.6. The normalized spacial score (nSPS) is 23.4. The van der Waals surface area contributed by atoms with Crippen molar-refractivity contribution in [2.75, 3.05) is 53.5 Å². The molecule has 1 amide bonds. The van der Waals surface area contributed by atoms with Gasteiger partial charge in [0.1, 0.15) is 0 Å². The Balaban J connectivity index is 1.54. The molecule has 4 rings (SSSR count). The number of carbonyl (C=O) groups excluding carboxylic acids is 1. The molecule has 0 spiro atoms. The van der Waals surface area contributed by atoms with Crippen molar-refractivity contribution in [1.29, 1.82) is 0 Å². The van der Waals surface area contributed by atoms with Crippen molar-refractivity contribution < 1.29 is 38.3 Å². The summed E-state index contributed by atoms with van der Waals surface area (Å²) in [6, 6.07) is 6.16. The number of rotatable bonds is 13. The van der Waals surface area contributed by atoms with Crippen LogP contribution in [0.3, 0.4) is 0 Å². The van der Waals surface area contributed by atoms with Gasteiger partial charge in [0.15, 0.2) is 17.3 Å². The molecule has 9 nitrogen and oxygen atoms in total. The lowest BCUT2D eigenvalue weighted by atomic mass is 9.81. The molecule has 3 atom stereocenters. The largest absolute Gasteiger partial charge is 0.459 e. The van der Waals surface area contributed by atoms with Crippen molar-refractivity contribution in [3.63, 3.8) is 0 Å². The van der Waals surface area contributed by atoms with Gasteiger partial charge in [-0.2, -0.15) is 0 Å². The van der Waals surface area contributed by atoms with Crippen LogP contribution in [0.25, 0.3) is 0 Å². The van der Waals surface area contributed by atoms with Gasteiger partial charge in [-0.3, -0.25) is 4.79 Å². The van der Waals surface area contributed by atoms with E-state index in [1.807, 2.05) is 43.1 Å². The van der Waals surface area contributed by atoms with Gasteiger partial charge in [-0.25, -0.2) is 0 Å². The average molecular weight is 520 g/mol. The molecule has 9 heteroatoms. The van der Waals surface area contributed by atoms with Gasteiger partial charge in [-0.15, -0.1) is 0 Å². The Morgan fingerprint density at radius 1 is 1.05 bits per heavy atom. The van der Waals surface area contributed by atoms with Crippen LogP contribution in [0.4, 0.5) is 0 Å². The predicted molar refractivity (Wildman–Crippen MR) is 136 cm³/mol. The van der Waals surface area contributed by atoms with E-state index in [1.165, 1.54) is 6.42 Å². The van der Waals surface area contributed by atoms with Crippen LogP contribution >= 0.6 is 0 Å². The first-order valence-corrected chi connectivity index (χ1v) is 13.6. The number of hydrogen-bond donors (Lipinski definition) is 1. The third-order valence-corrected chi connectivity index (χ3v) is 7.35. The number of carbonyl (C=O) groups is 1. The topological polar surface area (TPSA) is 95.9 Å². The smallest absolute Gasteiger partial charge is 0.288 e. The van der Waals surface area contributed by atoms with Gasteiger partial charge < -0.3 is 38.4 Å². The van der Waals surface area contributed by atoms with Crippen molar-refractivity contribution >= 4 is 5.91 Å². The number of benzene rings is 1. The SMILES string of the molecule is CCO[C@H]1OC(C(=O)N(C)C2CCCCC2)=C[C@@H](c2ccc3c(c2)OCO3)[C@@H]1CCOCCOCCO. The molecule has 0 aromatic heterocycles. The van der Waals surface area contributed by atoms with E-state index in [-0.39, 0.29) is 37.2 Å². The summed E-state index contributed by atoms with van der Waals surface area (Å²) in [4.78, 5) is 15.4. The summed E-state index contributed by atoms with van der Waals surface area (Å²) in [5, 5.41) is 8.84. The maximum atomic E-state index is 13.6. The van der Waals surface area contributed by atoms with Crippen LogP contribution in [0, 0.1) is 5.92 Å². The van der Waals surface area contributed by atoms with Gasteiger partial charge in [0.05, 0.1) is 26.4 Å². The van der Waals surface area contributed by atoms with Crippen molar-refractivity contribution in [3.05, 3.63) is 35.6 Å². The van der Waals surface area contributed by atoms with Gasteiger partial charge >= 0.3 is 0 Å². The molecule has 2 aliphatic heterocycles. The number of ether oxygens (including phenoxy) is 6. The first-order valence-electron chi connectivity index (χ1n) is 13.6. The molecule has 1 N–H and O–H groups in total. The molecule has 3 aliphatic rings. The Kier molecular flexibility index (Phi) is 10.5. The molecule has 0 bridgehead atoms. The lowest BCUT2D eigenvalue weighted by molar-refractivity contribution is -0.172. The van der Waals surface area contributed by atoms with E-state index in [0.717, 1.165) is 37.0 Å². The van der Waals surface area contributed by atoms with Crippen LogP contribution in [-0.4, -0.2) is 81.7 Å². The van der Waals surface area contributed by atoms with Crippen LogP contribution in [0.1, 0.15) is 56.9 Å². The highest BCUT2D eigenvalue weighted by atomic mass is 16.7. The van der Waals surface area contributed by atoms with Crippen LogP contribution < -0.4 is 9.47 Å². The highest BCUT2D eigenvalue weighted by Crippen LogP contribution is 2.43. The maximum Gasteiger partial charge on any atom is 0.288 e. The lowest BCUT2D eigenvalue weighted by Crippen LogP contribution is -2.43. The Morgan fingerprint density at radius 3 is 2.57 bits per heavy atom. The quantitative estimate of drug-likeness (QED) is 0.395. The summed E-state index contributed by atoms with van der Waals surface area (Å²) in [7, 11) is 1.88. The van der Waals surface area contributed by atoms with Crippen molar-refractivity contribution in [2.24, 2.45) is 5.92 Å². The minimum absolute atomic E-state index is 0.00398. The molecule has 1 aliphatic carbocycles. The van der Waals surface area contributed by atoms with Gasteiger partial charge in [-0.1, -0.05) is 25.3 Å². The highest BCUT2D eigenvalue weighted by Gasteiger charge is 2.40. The minimum atomic E-state index is -0.585.